The summed E-state index contributed by atoms with van der Waals surface area (Å²) in [5.74, 6) is -0.679. The molecule has 0 fully saturated rings. The van der Waals surface area contributed by atoms with Gasteiger partial charge in [-0.3, -0.25) is 9.59 Å². The first-order valence-electron chi connectivity index (χ1n) is 12.4. The maximum Gasteiger partial charge on any atom is 0.352 e. The van der Waals surface area contributed by atoms with Gasteiger partial charge in [0.15, 0.2) is 11.6 Å². The lowest BCUT2D eigenvalue weighted by Crippen LogP contribution is -2.40. The van der Waals surface area contributed by atoms with E-state index < -0.39 is 23.3 Å². The lowest BCUT2D eigenvalue weighted by Gasteiger charge is -2.40. The minimum Gasteiger partial charge on any atom is -0.491 e. The number of Topliss-reactive ketones (excluding diaryl/α,β-unsaturated/α-hetero) is 1. The molecular weight excluding hydrogens is 486 g/mol. The molecule has 3 aliphatic rings. The van der Waals surface area contributed by atoms with Gasteiger partial charge in [-0.2, -0.15) is 0 Å². The highest BCUT2D eigenvalue weighted by atomic mass is 16.5. The molecule has 0 radical (unpaired) electrons. The molecule has 9 heteroatoms. The Bertz CT molecular complexity index is 1700. The minimum atomic E-state index is -0.658. The number of aliphatic hydroxyl groups excluding tert-OH is 1. The molecule has 0 unspecified atom stereocenters. The predicted molar refractivity (Wildman–Crippen MR) is 139 cm³/mol. The van der Waals surface area contributed by atoms with Crippen LogP contribution < -0.4 is 16.1 Å². The van der Waals surface area contributed by atoms with Gasteiger partial charge >= 0.3 is 11.4 Å². The summed E-state index contributed by atoms with van der Waals surface area (Å²) in [5, 5.41) is 9.35. The molecule has 9 nitrogen and oxygen atoms in total. The molecule has 192 valence electrons. The van der Waals surface area contributed by atoms with E-state index in [4.69, 9.17) is 4.74 Å². The maximum atomic E-state index is 13.7. The number of carbonyl (C=O) groups excluding carboxylic acids is 2. The fourth-order valence-electron chi connectivity index (χ4n) is 5.79. The standard InChI is InChI=1S/C29H25N3O6/c1-17-15-23(34)21-16-22-19(25(26(21)27(17)35)20-9-5-6-10-24(20)38-14-13-33)11-12-30-28(36)31(29(37)32(22)30)18-7-3-2-4-8-18/h2-11,15,22,25,33H,12-14,16H2,1H3/t22-,25-/m1/s1. The highest BCUT2D eigenvalue weighted by molar-refractivity contribution is 6.23. The van der Waals surface area contributed by atoms with Crippen LogP contribution in [0.5, 0.6) is 5.75 Å². The number of rotatable bonds is 5. The molecule has 0 bridgehead atoms. The van der Waals surface area contributed by atoms with Crippen LogP contribution in [0.2, 0.25) is 0 Å². The molecule has 0 spiro atoms. The molecule has 1 aromatic heterocycles. The Kier molecular flexibility index (Phi) is 5.72. The largest absolute Gasteiger partial charge is 0.491 e. The summed E-state index contributed by atoms with van der Waals surface area (Å²) in [6.07, 6.45) is 3.34. The molecule has 0 saturated heterocycles. The second kappa shape index (κ2) is 9.11. The van der Waals surface area contributed by atoms with Gasteiger partial charge in [0.25, 0.3) is 0 Å². The molecule has 0 saturated carbocycles. The molecule has 6 rings (SSSR count). The average Bonchev–Trinajstić information content (AvgIpc) is 3.19. The minimum absolute atomic E-state index is 0.0584. The SMILES string of the molecule is CC1=CC(=O)C2=C(C1=O)[C@@H](c1ccccc1OCCO)C1=CCn3c(=O)n(-c4ccccc4)c(=O)n3[C@@H]1C2. The van der Waals surface area contributed by atoms with Crippen molar-refractivity contribution in [2.24, 2.45) is 0 Å². The third-order valence-corrected chi connectivity index (χ3v) is 7.43. The van der Waals surface area contributed by atoms with Crippen molar-refractivity contribution < 1.29 is 19.4 Å². The fraction of sp³-hybridized carbons (Fsp3) is 0.241. The van der Waals surface area contributed by atoms with E-state index in [0.29, 0.717) is 33.7 Å². The molecule has 2 aromatic carbocycles. The van der Waals surface area contributed by atoms with Crippen LogP contribution in [-0.2, 0) is 16.1 Å². The van der Waals surface area contributed by atoms with Crippen LogP contribution in [0, 0.1) is 0 Å². The first-order valence-corrected chi connectivity index (χ1v) is 12.4. The summed E-state index contributed by atoms with van der Waals surface area (Å²) in [6, 6.07) is 15.3. The zero-order valence-electron chi connectivity index (χ0n) is 20.7. The number of allylic oxidation sites excluding steroid dienone is 6. The van der Waals surface area contributed by atoms with Crippen LogP contribution >= 0.6 is 0 Å². The lowest BCUT2D eigenvalue weighted by atomic mass is 9.67. The fourth-order valence-corrected chi connectivity index (χ4v) is 5.79. The van der Waals surface area contributed by atoms with Gasteiger partial charge in [0, 0.05) is 34.6 Å². The topological polar surface area (TPSA) is 113 Å². The number of ketones is 2. The van der Waals surface area contributed by atoms with Crippen LogP contribution in [0.3, 0.4) is 0 Å². The van der Waals surface area contributed by atoms with Crippen molar-refractivity contribution in [3.8, 4) is 11.4 Å². The second-order valence-electron chi connectivity index (χ2n) is 9.54. The van der Waals surface area contributed by atoms with Gasteiger partial charge in [0.1, 0.15) is 12.4 Å². The molecule has 2 heterocycles. The number of hydrogen-bond donors (Lipinski definition) is 1. The van der Waals surface area contributed by atoms with E-state index in [-0.39, 0.29) is 37.7 Å². The summed E-state index contributed by atoms with van der Waals surface area (Å²) >= 11 is 0. The molecule has 2 atom stereocenters. The van der Waals surface area contributed by atoms with Crippen molar-refractivity contribution in [3.63, 3.8) is 0 Å². The number of aromatic nitrogens is 3. The number of hydrogen-bond acceptors (Lipinski definition) is 6. The van der Waals surface area contributed by atoms with E-state index in [1.54, 1.807) is 49.4 Å². The third kappa shape index (κ3) is 3.50. The Hall–Kier alpha value is -4.50. The Morgan fingerprint density at radius 2 is 1.71 bits per heavy atom. The predicted octanol–water partition coefficient (Wildman–Crippen LogP) is 2.24. The number of benzene rings is 2. The molecule has 0 amide bonds. The Morgan fingerprint density at radius 3 is 2.47 bits per heavy atom. The summed E-state index contributed by atoms with van der Waals surface area (Å²) in [4.78, 5) is 53.9. The van der Waals surface area contributed by atoms with Crippen LogP contribution in [0.25, 0.3) is 5.69 Å². The average molecular weight is 512 g/mol. The quantitative estimate of drug-likeness (QED) is 0.415. The van der Waals surface area contributed by atoms with Crippen molar-refractivity contribution in [1.29, 1.82) is 0 Å². The molecule has 38 heavy (non-hydrogen) atoms. The van der Waals surface area contributed by atoms with E-state index in [1.165, 1.54) is 15.4 Å². The molecular formula is C29H25N3O6. The van der Waals surface area contributed by atoms with Gasteiger partial charge in [-0.1, -0.05) is 42.5 Å². The van der Waals surface area contributed by atoms with E-state index >= 15 is 0 Å². The number of carbonyl (C=O) groups is 2. The summed E-state index contributed by atoms with van der Waals surface area (Å²) in [7, 11) is 0. The van der Waals surface area contributed by atoms with E-state index in [9.17, 15) is 24.3 Å². The van der Waals surface area contributed by atoms with Crippen LogP contribution in [0.4, 0.5) is 0 Å². The smallest absolute Gasteiger partial charge is 0.352 e. The molecule has 3 aromatic rings. The zero-order chi connectivity index (χ0) is 26.6. The monoisotopic (exact) mass is 511 g/mol. The van der Waals surface area contributed by atoms with Gasteiger partial charge in [0.05, 0.1) is 24.9 Å². The lowest BCUT2D eigenvalue weighted by molar-refractivity contribution is -0.116. The van der Waals surface area contributed by atoms with Crippen molar-refractivity contribution in [2.75, 3.05) is 13.2 Å². The highest BCUT2D eigenvalue weighted by Gasteiger charge is 2.45. The molecule has 1 aliphatic heterocycles. The number of nitrogens with zero attached hydrogens (tertiary/aromatic N) is 3. The van der Waals surface area contributed by atoms with E-state index in [2.05, 4.69) is 0 Å². The number of aliphatic hydroxyl groups is 1. The molecule has 1 N–H and O–H groups in total. The zero-order valence-corrected chi connectivity index (χ0v) is 20.7. The summed E-state index contributed by atoms with van der Waals surface area (Å²) in [6.45, 7) is 1.63. The van der Waals surface area contributed by atoms with Gasteiger partial charge < -0.3 is 9.84 Å². The van der Waals surface area contributed by atoms with Gasteiger partial charge in [-0.25, -0.2) is 23.5 Å². The van der Waals surface area contributed by atoms with Gasteiger partial charge in [-0.15, -0.1) is 0 Å². The number of para-hydroxylation sites is 2. The Morgan fingerprint density at radius 1 is 0.974 bits per heavy atom. The van der Waals surface area contributed by atoms with E-state index in [1.807, 2.05) is 18.2 Å². The van der Waals surface area contributed by atoms with Gasteiger partial charge in [0.2, 0.25) is 0 Å². The number of fused-ring (bicyclic) bond motifs is 3. The van der Waals surface area contributed by atoms with Crippen molar-refractivity contribution in [2.45, 2.75) is 31.8 Å². The van der Waals surface area contributed by atoms with Crippen LogP contribution in [0.1, 0.15) is 30.9 Å². The molecule has 2 aliphatic carbocycles. The Balaban J connectivity index is 1.58. The van der Waals surface area contributed by atoms with E-state index in [0.717, 1.165) is 10.1 Å². The third-order valence-electron chi connectivity index (χ3n) is 7.43. The maximum absolute atomic E-state index is 13.7. The van der Waals surface area contributed by atoms with Crippen molar-refractivity contribution >= 4 is 11.6 Å². The van der Waals surface area contributed by atoms with Crippen molar-refractivity contribution in [1.82, 2.24) is 13.9 Å². The van der Waals surface area contributed by atoms with Gasteiger partial charge in [-0.05, 0) is 36.8 Å². The van der Waals surface area contributed by atoms with Crippen LogP contribution in [0.15, 0.2) is 98.6 Å². The number of ether oxygens (including phenoxy) is 1. The first-order chi connectivity index (χ1) is 18.4. The normalized spacial score (nSPS) is 20.4. The summed E-state index contributed by atoms with van der Waals surface area (Å²) < 4.78 is 9.76. The van der Waals surface area contributed by atoms with Crippen molar-refractivity contribution in [3.05, 3.63) is 116 Å². The first kappa shape index (κ1) is 23.9. The highest BCUT2D eigenvalue weighted by Crippen LogP contribution is 2.51. The second-order valence-corrected chi connectivity index (χ2v) is 9.54. The van der Waals surface area contributed by atoms with Crippen LogP contribution in [-0.4, -0.2) is 43.8 Å². The Labute approximate surface area is 217 Å². The summed E-state index contributed by atoms with van der Waals surface area (Å²) in [5.41, 5.74) is 1.96.